The van der Waals surface area contributed by atoms with Crippen LogP contribution < -0.4 is 5.32 Å². The molecule has 0 bridgehead atoms. The molecule has 120 valence electrons. The molecule has 0 spiro atoms. The number of hydrogen-bond donors (Lipinski definition) is 2. The minimum Gasteiger partial charge on any atom is -0.313 e. The maximum absolute atomic E-state index is 13.0. The summed E-state index contributed by atoms with van der Waals surface area (Å²) in [4.78, 5) is 0. The molecule has 6 nitrogen and oxygen atoms in total. The van der Waals surface area contributed by atoms with Gasteiger partial charge in [-0.25, -0.2) is 8.42 Å². The Morgan fingerprint density at radius 2 is 2.14 bits per heavy atom. The Bertz CT molecular complexity index is 568. The average molecular weight is 314 g/mol. The first-order chi connectivity index (χ1) is 10.0. The highest BCUT2D eigenvalue weighted by Gasteiger charge is 2.35. The second-order valence-corrected chi connectivity index (χ2v) is 7.39. The molecule has 0 amide bonds. The maximum atomic E-state index is 13.0. The zero-order chi connectivity index (χ0) is 15.5. The molecule has 1 atom stereocenters. The Hall–Kier alpha value is -0.920. The molecule has 1 aromatic rings. The van der Waals surface area contributed by atoms with Gasteiger partial charge in [0.2, 0.25) is 0 Å². The van der Waals surface area contributed by atoms with Crippen LogP contribution in [0.25, 0.3) is 0 Å². The van der Waals surface area contributed by atoms with E-state index in [9.17, 15) is 8.42 Å². The summed E-state index contributed by atoms with van der Waals surface area (Å²) < 4.78 is 27.6. The quantitative estimate of drug-likeness (QED) is 0.839. The van der Waals surface area contributed by atoms with Crippen LogP contribution in [0.3, 0.4) is 0 Å². The molecular weight excluding hydrogens is 288 g/mol. The van der Waals surface area contributed by atoms with Gasteiger partial charge < -0.3 is 5.32 Å². The summed E-state index contributed by atoms with van der Waals surface area (Å²) >= 11 is 0. The molecule has 0 aromatic carbocycles. The van der Waals surface area contributed by atoms with E-state index in [1.165, 1.54) is 0 Å². The van der Waals surface area contributed by atoms with E-state index in [0.717, 1.165) is 43.5 Å². The Morgan fingerprint density at radius 3 is 2.81 bits per heavy atom. The molecule has 2 N–H and O–H groups in total. The number of sulfonamides is 1. The normalized spacial score (nSPS) is 20.8. The number of aromatic amines is 1. The van der Waals surface area contributed by atoms with Crippen molar-refractivity contribution < 1.29 is 8.42 Å². The van der Waals surface area contributed by atoms with Crippen LogP contribution in [0.5, 0.6) is 0 Å². The van der Waals surface area contributed by atoms with E-state index in [1.807, 2.05) is 20.8 Å². The highest BCUT2D eigenvalue weighted by Crippen LogP contribution is 2.28. The van der Waals surface area contributed by atoms with E-state index in [1.54, 1.807) is 4.31 Å². The fourth-order valence-electron chi connectivity index (χ4n) is 2.91. The number of H-pyrrole nitrogens is 1. The second kappa shape index (κ2) is 6.89. The Morgan fingerprint density at radius 1 is 1.38 bits per heavy atom. The smallest absolute Gasteiger partial charge is 0.262 e. The van der Waals surface area contributed by atoms with E-state index >= 15 is 0 Å². The van der Waals surface area contributed by atoms with Crippen LogP contribution in [0.2, 0.25) is 0 Å². The summed E-state index contributed by atoms with van der Waals surface area (Å²) in [5.74, 6) is 0. The van der Waals surface area contributed by atoms with Gasteiger partial charge in [0, 0.05) is 30.4 Å². The molecule has 1 aliphatic heterocycles. The van der Waals surface area contributed by atoms with Gasteiger partial charge in [-0.15, -0.1) is 0 Å². The summed E-state index contributed by atoms with van der Waals surface area (Å²) in [6.07, 6.45) is 3.84. The summed E-state index contributed by atoms with van der Waals surface area (Å²) in [5.41, 5.74) is 1.58. The van der Waals surface area contributed by atoms with Crippen LogP contribution in [0.15, 0.2) is 5.03 Å². The van der Waals surface area contributed by atoms with Crippen LogP contribution in [-0.2, 0) is 16.6 Å². The molecule has 7 heteroatoms. The molecule has 0 aliphatic carbocycles. The van der Waals surface area contributed by atoms with Crippen LogP contribution in [0.4, 0.5) is 0 Å². The number of piperidine rings is 1. The number of aryl methyl sites for hydroxylation is 1. The predicted molar refractivity (Wildman–Crippen MR) is 82.5 cm³/mol. The predicted octanol–water partition coefficient (Wildman–Crippen LogP) is 1.78. The lowest BCUT2D eigenvalue weighted by molar-refractivity contribution is 0.246. The van der Waals surface area contributed by atoms with Crippen molar-refractivity contribution in [3.05, 3.63) is 11.3 Å². The highest BCUT2D eigenvalue weighted by atomic mass is 32.2. The van der Waals surface area contributed by atoms with Gasteiger partial charge >= 0.3 is 0 Å². The Balaban J connectivity index is 2.34. The zero-order valence-electron chi connectivity index (χ0n) is 13.1. The van der Waals surface area contributed by atoms with Gasteiger partial charge in [-0.05, 0) is 32.7 Å². The van der Waals surface area contributed by atoms with E-state index in [-0.39, 0.29) is 11.1 Å². The lowest BCUT2D eigenvalue weighted by Gasteiger charge is -2.33. The van der Waals surface area contributed by atoms with Gasteiger partial charge in [0.25, 0.3) is 10.0 Å². The first kappa shape index (κ1) is 16.5. The van der Waals surface area contributed by atoms with Gasteiger partial charge in [0.05, 0.1) is 0 Å². The lowest BCUT2D eigenvalue weighted by Crippen LogP contribution is -2.43. The third kappa shape index (κ3) is 3.30. The molecule has 2 rings (SSSR count). The summed E-state index contributed by atoms with van der Waals surface area (Å²) in [6.45, 7) is 7.85. The molecule has 1 aromatic heterocycles. The van der Waals surface area contributed by atoms with Crippen molar-refractivity contribution in [3.8, 4) is 0 Å². The lowest BCUT2D eigenvalue weighted by atomic mass is 10.0. The van der Waals surface area contributed by atoms with Gasteiger partial charge in [-0.1, -0.05) is 20.3 Å². The van der Waals surface area contributed by atoms with Crippen molar-refractivity contribution in [1.82, 2.24) is 19.8 Å². The SMILES string of the molecule is CCNCc1c(S(=O)(=O)N2CCCCC2CC)n[nH]c1C. The Labute approximate surface area is 127 Å². The van der Waals surface area contributed by atoms with Crippen molar-refractivity contribution >= 4 is 10.0 Å². The average Bonchev–Trinajstić information content (AvgIpc) is 2.86. The molecule has 1 fully saturated rings. The molecule has 0 radical (unpaired) electrons. The largest absolute Gasteiger partial charge is 0.313 e. The van der Waals surface area contributed by atoms with Crippen LogP contribution >= 0.6 is 0 Å². The summed E-state index contributed by atoms with van der Waals surface area (Å²) in [5, 5.41) is 10.3. The molecular formula is C14H26N4O2S. The monoisotopic (exact) mass is 314 g/mol. The number of hydrogen-bond acceptors (Lipinski definition) is 4. The molecule has 0 saturated carbocycles. The van der Waals surface area contributed by atoms with E-state index < -0.39 is 10.0 Å². The van der Waals surface area contributed by atoms with E-state index in [2.05, 4.69) is 15.5 Å². The zero-order valence-corrected chi connectivity index (χ0v) is 14.0. The topological polar surface area (TPSA) is 78.1 Å². The van der Waals surface area contributed by atoms with Crippen LogP contribution in [-0.4, -0.2) is 42.1 Å². The number of nitrogens with zero attached hydrogens (tertiary/aromatic N) is 2. The summed E-state index contributed by atoms with van der Waals surface area (Å²) in [6, 6.07) is 0.104. The fraction of sp³-hybridized carbons (Fsp3) is 0.786. The van der Waals surface area contributed by atoms with E-state index in [4.69, 9.17) is 0 Å². The number of nitrogens with one attached hydrogen (secondary N) is 2. The second-order valence-electron chi connectivity index (χ2n) is 5.59. The standard InChI is InChI=1S/C14H26N4O2S/c1-4-12-8-6-7-9-18(12)21(19,20)14-13(10-15-5-2)11(3)16-17-14/h12,15H,4-10H2,1-3H3,(H,16,17). The van der Waals surface area contributed by atoms with Crippen LogP contribution in [0, 0.1) is 6.92 Å². The molecule has 2 heterocycles. The van der Waals surface area contributed by atoms with Crippen molar-refractivity contribution in [2.24, 2.45) is 0 Å². The van der Waals surface area contributed by atoms with Gasteiger partial charge in [-0.3, -0.25) is 5.10 Å². The maximum Gasteiger partial charge on any atom is 0.262 e. The van der Waals surface area contributed by atoms with Gasteiger partial charge in [0.15, 0.2) is 5.03 Å². The summed E-state index contributed by atoms with van der Waals surface area (Å²) in [7, 11) is -3.51. The molecule has 1 aliphatic rings. The van der Waals surface area contributed by atoms with E-state index in [0.29, 0.717) is 13.1 Å². The third-order valence-corrected chi connectivity index (χ3v) is 6.11. The van der Waals surface area contributed by atoms with Crippen molar-refractivity contribution in [1.29, 1.82) is 0 Å². The highest BCUT2D eigenvalue weighted by molar-refractivity contribution is 7.89. The van der Waals surface area contributed by atoms with Crippen molar-refractivity contribution in [2.75, 3.05) is 13.1 Å². The number of aromatic nitrogens is 2. The number of rotatable bonds is 6. The van der Waals surface area contributed by atoms with Gasteiger partial charge in [0.1, 0.15) is 0 Å². The first-order valence-corrected chi connectivity index (χ1v) is 9.22. The Kier molecular flexibility index (Phi) is 5.40. The van der Waals surface area contributed by atoms with Gasteiger partial charge in [-0.2, -0.15) is 9.40 Å². The molecule has 1 unspecified atom stereocenters. The van der Waals surface area contributed by atoms with Crippen molar-refractivity contribution in [3.63, 3.8) is 0 Å². The minimum atomic E-state index is -3.51. The third-order valence-electron chi connectivity index (χ3n) is 4.19. The minimum absolute atomic E-state index is 0.104. The molecule has 21 heavy (non-hydrogen) atoms. The molecule has 1 saturated heterocycles. The fourth-order valence-corrected chi connectivity index (χ4v) is 4.85. The van der Waals surface area contributed by atoms with Crippen molar-refractivity contribution in [2.45, 2.75) is 64.1 Å². The van der Waals surface area contributed by atoms with Crippen LogP contribution in [0.1, 0.15) is 50.8 Å². The first-order valence-electron chi connectivity index (χ1n) is 7.78.